The van der Waals surface area contributed by atoms with E-state index in [0.29, 0.717) is 18.4 Å². The average Bonchev–Trinajstić information content (AvgIpc) is 2.40. The van der Waals surface area contributed by atoms with Gasteiger partial charge in [0.15, 0.2) is 0 Å². The van der Waals surface area contributed by atoms with E-state index in [1.54, 1.807) is 24.3 Å². The van der Waals surface area contributed by atoms with E-state index < -0.39 is 5.97 Å². The van der Waals surface area contributed by atoms with Crippen molar-refractivity contribution in [3.05, 3.63) is 41.4 Å². The highest BCUT2D eigenvalue weighted by Gasteiger charge is 2.23. The molecule has 0 aromatic heterocycles. The lowest BCUT2D eigenvalue weighted by Crippen LogP contribution is -2.20. The molecule has 0 aliphatic carbocycles. The number of carbonyl (C=O) groups excluding carboxylic acids is 1. The Kier molecular flexibility index (Phi) is 5.96. The zero-order valence-corrected chi connectivity index (χ0v) is 10.0. The molecule has 1 aromatic carbocycles. The molecule has 0 amide bonds. The Bertz CT molecular complexity index is 482. The first-order valence-corrected chi connectivity index (χ1v) is 5.67. The number of nitrogens with zero attached hydrogens (tertiary/aromatic N) is 2. The fourth-order valence-corrected chi connectivity index (χ4v) is 1.37. The molecule has 18 heavy (non-hydrogen) atoms. The minimum absolute atomic E-state index is 0.0902. The lowest BCUT2D eigenvalue weighted by atomic mass is 10.1. The summed E-state index contributed by atoms with van der Waals surface area (Å²) < 4.78 is 5.00. The van der Waals surface area contributed by atoms with Gasteiger partial charge in [0.2, 0.25) is 0 Å². The van der Waals surface area contributed by atoms with Gasteiger partial charge in [0.25, 0.3) is 0 Å². The fourth-order valence-electron chi connectivity index (χ4n) is 1.37. The molecule has 0 fully saturated rings. The van der Waals surface area contributed by atoms with Gasteiger partial charge in [-0.3, -0.25) is 0 Å². The second-order valence-electron chi connectivity index (χ2n) is 3.61. The van der Waals surface area contributed by atoms with E-state index in [2.05, 4.69) is 10.7 Å². The maximum absolute atomic E-state index is 11.7. The van der Waals surface area contributed by atoms with Gasteiger partial charge in [0.05, 0.1) is 12.2 Å². The Morgan fingerprint density at radius 2 is 2.06 bits per heavy atom. The Labute approximate surface area is 106 Å². The van der Waals surface area contributed by atoms with Crippen molar-refractivity contribution in [1.82, 2.24) is 0 Å². The number of carbonyl (C=O) groups is 1. The van der Waals surface area contributed by atoms with Crippen molar-refractivity contribution >= 4 is 11.7 Å². The van der Waals surface area contributed by atoms with Crippen LogP contribution in [-0.2, 0) is 9.53 Å². The summed E-state index contributed by atoms with van der Waals surface area (Å²) >= 11 is 0. The molecule has 0 atom stereocenters. The maximum atomic E-state index is 11.7. The van der Waals surface area contributed by atoms with Crippen LogP contribution >= 0.6 is 0 Å². The summed E-state index contributed by atoms with van der Waals surface area (Å²) in [5, 5.41) is 0. The predicted octanol–water partition coefficient (Wildman–Crippen LogP) is 2.05. The lowest BCUT2D eigenvalue weighted by Gasteiger charge is -2.00. The lowest BCUT2D eigenvalue weighted by molar-refractivity contribution is -0.140. The molecule has 0 aliphatic heterocycles. The van der Waals surface area contributed by atoms with Crippen molar-refractivity contribution in [2.24, 2.45) is 0 Å². The fraction of sp³-hybridized carbons (Fsp3) is 0.286. The molecule has 0 unspecified atom stereocenters. The van der Waals surface area contributed by atoms with Gasteiger partial charge in [-0.25, -0.2) is 4.79 Å². The van der Waals surface area contributed by atoms with Crippen LogP contribution in [0.4, 0.5) is 0 Å². The number of benzene rings is 1. The molecule has 0 saturated carbocycles. The quantitative estimate of drug-likeness (QED) is 0.191. The summed E-state index contributed by atoms with van der Waals surface area (Å²) in [4.78, 5) is 14.6. The molecular formula is C14H14N2O2. The molecule has 0 radical (unpaired) electrons. The van der Waals surface area contributed by atoms with E-state index in [0.717, 1.165) is 6.42 Å². The van der Waals surface area contributed by atoms with Crippen molar-refractivity contribution < 1.29 is 14.3 Å². The van der Waals surface area contributed by atoms with E-state index in [9.17, 15) is 4.79 Å². The van der Waals surface area contributed by atoms with Crippen LogP contribution in [0, 0.1) is 12.3 Å². The predicted molar refractivity (Wildman–Crippen MR) is 67.8 cm³/mol. The topological polar surface area (TPSA) is 62.7 Å². The third kappa shape index (κ3) is 4.25. The van der Waals surface area contributed by atoms with E-state index in [1.807, 2.05) is 6.07 Å². The first-order chi connectivity index (χ1) is 8.79. The molecule has 1 aromatic rings. The highest BCUT2D eigenvalue weighted by atomic mass is 16.5. The first kappa shape index (κ1) is 13.7. The largest absolute Gasteiger partial charge is 0.457 e. The van der Waals surface area contributed by atoms with Crippen molar-refractivity contribution in [2.45, 2.75) is 19.3 Å². The summed E-state index contributed by atoms with van der Waals surface area (Å²) in [5.74, 6) is 1.88. The van der Waals surface area contributed by atoms with Crippen LogP contribution in [-0.4, -0.2) is 23.1 Å². The minimum Gasteiger partial charge on any atom is -0.457 e. The zero-order chi connectivity index (χ0) is 13.2. The number of hydrogen-bond acceptors (Lipinski definition) is 2. The standard InChI is InChI=1S/C14H14N2O2/c1-2-3-4-8-11-18-14(17)13(16-15)12-9-6-5-7-10-12/h1,5-7,9-10H,3-4,8,11H2. The van der Waals surface area contributed by atoms with E-state index in [4.69, 9.17) is 16.7 Å². The molecule has 4 nitrogen and oxygen atoms in total. The third-order valence-corrected chi connectivity index (χ3v) is 2.29. The van der Waals surface area contributed by atoms with Crippen LogP contribution in [0.3, 0.4) is 0 Å². The Hall–Kier alpha value is -2.37. The summed E-state index contributed by atoms with van der Waals surface area (Å²) in [7, 11) is 0. The van der Waals surface area contributed by atoms with Crippen molar-refractivity contribution in [1.29, 1.82) is 0 Å². The van der Waals surface area contributed by atoms with Gasteiger partial charge in [0.1, 0.15) is 0 Å². The Morgan fingerprint density at radius 1 is 1.33 bits per heavy atom. The molecular weight excluding hydrogens is 228 g/mol. The van der Waals surface area contributed by atoms with Crippen molar-refractivity contribution in [3.63, 3.8) is 0 Å². The average molecular weight is 242 g/mol. The van der Waals surface area contributed by atoms with Crippen LogP contribution in [0.1, 0.15) is 24.8 Å². The summed E-state index contributed by atoms with van der Waals surface area (Å²) in [6.45, 7) is 0.270. The number of rotatable bonds is 6. The SMILES string of the molecule is C#CCCCCOC(=O)C(=[N+]=[N-])c1ccccc1. The summed E-state index contributed by atoms with van der Waals surface area (Å²) in [6.07, 6.45) is 7.27. The second-order valence-corrected chi connectivity index (χ2v) is 3.61. The summed E-state index contributed by atoms with van der Waals surface area (Å²) in [6, 6.07) is 8.66. The number of unbranched alkanes of at least 4 members (excludes halogenated alkanes) is 2. The van der Waals surface area contributed by atoms with Gasteiger partial charge in [-0.05, 0) is 25.0 Å². The van der Waals surface area contributed by atoms with Gasteiger partial charge < -0.3 is 10.3 Å². The number of ether oxygens (including phenoxy) is 1. The van der Waals surface area contributed by atoms with Crippen molar-refractivity contribution in [2.75, 3.05) is 6.61 Å². The highest BCUT2D eigenvalue weighted by molar-refractivity contribution is 6.40. The van der Waals surface area contributed by atoms with Gasteiger partial charge >= 0.3 is 11.7 Å². The number of terminal acetylenes is 1. The number of hydrogen-bond donors (Lipinski definition) is 0. The van der Waals surface area contributed by atoms with Gasteiger partial charge in [0, 0.05) is 6.42 Å². The molecule has 0 aliphatic rings. The van der Waals surface area contributed by atoms with Crippen LogP contribution in [0.15, 0.2) is 30.3 Å². The minimum atomic E-state index is -0.635. The molecule has 4 heteroatoms. The molecule has 0 spiro atoms. The third-order valence-electron chi connectivity index (χ3n) is 2.29. The molecule has 0 heterocycles. The maximum Gasteiger partial charge on any atom is 0.422 e. The molecule has 0 bridgehead atoms. The van der Waals surface area contributed by atoms with Gasteiger partial charge in [-0.15, -0.1) is 12.3 Å². The van der Waals surface area contributed by atoms with Gasteiger partial charge in [-0.2, -0.15) is 4.79 Å². The van der Waals surface area contributed by atoms with Gasteiger partial charge in [-0.1, -0.05) is 18.2 Å². The Balaban J connectivity index is 2.50. The van der Waals surface area contributed by atoms with Crippen LogP contribution in [0.5, 0.6) is 0 Å². The molecule has 0 saturated heterocycles. The van der Waals surface area contributed by atoms with Crippen LogP contribution in [0.25, 0.3) is 5.53 Å². The Morgan fingerprint density at radius 3 is 2.67 bits per heavy atom. The van der Waals surface area contributed by atoms with E-state index in [-0.39, 0.29) is 12.3 Å². The zero-order valence-electron chi connectivity index (χ0n) is 10.0. The smallest absolute Gasteiger partial charge is 0.422 e. The molecule has 92 valence electrons. The molecule has 0 N–H and O–H groups in total. The first-order valence-electron chi connectivity index (χ1n) is 5.67. The highest BCUT2D eigenvalue weighted by Crippen LogP contribution is 2.02. The normalized spacial score (nSPS) is 9.06. The van der Waals surface area contributed by atoms with Crippen molar-refractivity contribution in [3.8, 4) is 12.3 Å². The molecule has 1 rings (SSSR count). The van der Waals surface area contributed by atoms with Crippen LogP contribution < -0.4 is 0 Å². The van der Waals surface area contributed by atoms with E-state index in [1.165, 1.54) is 0 Å². The van der Waals surface area contributed by atoms with E-state index >= 15 is 0 Å². The number of esters is 1. The monoisotopic (exact) mass is 242 g/mol. The van der Waals surface area contributed by atoms with Crippen LogP contribution in [0.2, 0.25) is 0 Å². The second kappa shape index (κ2) is 7.83. The summed E-state index contributed by atoms with van der Waals surface area (Å²) in [5.41, 5.74) is 9.28.